The fourth-order valence-corrected chi connectivity index (χ4v) is 2.92. The van der Waals surface area contributed by atoms with E-state index in [9.17, 15) is 9.59 Å². The highest BCUT2D eigenvalue weighted by molar-refractivity contribution is 5.94. The zero-order valence-electron chi connectivity index (χ0n) is 13.7. The van der Waals surface area contributed by atoms with Crippen molar-refractivity contribution < 1.29 is 19.5 Å². The molecule has 1 fully saturated rings. The van der Waals surface area contributed by atoms with Crippen molar-refractivity contribution in [3.63, 3.8) is 0 Å². The quantitative estimate of drug-likeness (QED) is 0.433. The molecule has 24 heavy (non-hydrogen) atoms. The first-order valence-electron chi connectivity index (χ1n) is 7.95. The number of carbonyl (C=O) groups excluding carboxylic acids is 2. The highest BCUT2D eigenvalue weighted by Crippen LogP contribution is 2.28. The van der Waals surface area contributed by atoms with Crippen LogP contribution in [0.2, 0.25) is 0 Å². The predicted molar refractivity (Wildman–Crippen MR) is 88.3 cm³/mol. The second-order valence-corrected chi connectivity index (χ2v) is 5.82. The minimum atomic E-state index is -0.417. The summed E-state index contributed by atoms with van der Waals surface area (Å²) in [5.74, 6) is 5.28. The molecule has 0 aliphatic heterocycles. The summed E-state index contributed by atoms with van der Waals surface area (Å²) in [5.41, 5.74) is 3.03. The van der Waals surface area contributed by atoms with Gasteiger partial charge >= 0.3 is 0 Å². The van der Waals surface area contributed by atoms with E-state index in [1.54, 1.807) is 36.9 Å². The molecule has 1 aromatic carbocycles. The van der Waals surface area contributed by atoms with Crippen molar-refractivity contribution in [2.45, 2.75) is 31.7 Å². The van der Waals surface area contributed by atoms with Crippen LogP contribution in [-0.2, 0) is 9.53 Å². The van der Waals surface area contributed by atoms with E-state index in [1.165, 1.54) is 0 Å². The molecule has 2 amide bonds. The van der Waals surface area contributed by atoms with Gasteiger partial charge in [0.15, 0.2) is 0 Å². The van der Waals surface area contributed by atoms with Crippen LogP contribution in [0.1, 0.15) is 41.6 Å². The summed E-state index contributed by atoms with van der Waals surface area (Å²) in [6, 6.07) is 7.01. The van der Waals surface area contributed by atoms with E-state index in [1.807, 2.05) is 0 Å². The number of nitrogens with one attached hydrogen (secondary N) is 2. The molecule has 0 unspecified atom stereocenters. The van der Waals surface area contributed by atoms with Crippen molar-refractivity contribution in [3.05, 3.63) is 35.4 Å². The number of carbonyl (C=O) groups is 2. The van der Waals surface area contributed by atoms with Crippen LogP contribution in [0.3, 0.4) is 0 Å². The Morgan fingerprint density at radius 2 is 2.04 bits per heavy atom. The zero-order chi connectivity index (χ0) is 17.4. The Bertz CT molecular complexity index is 631. The van der Waals surface area contributed by atoms with Gasteiger partial charge in [0.25, 0.3) is 5.91 Å². The standard InChI is InChI=1S/C18H22N2O4/c1-24-11-3-4-13-7-9-14(10-8-13)18(22)19-16-6-2-5-15(16)12-17(21)20-23/h7-10,15-16,23H,2,5-6,11-12H2,1H3,(H,19,22)(H,20,21)/t15-,16+/m0/s1. The monoisotopic (exact) mass is 330 g/mol. The first-order valence-corrected chi connectivity index (χ1v) is 7.95. The fraction of sp³-hybridized carbons (Fsp3) is 0.444. The van der Waals surface area contributed by atoms with Crippen LogP contribution in [-0.4, -0.2) is 36.8 Å². The summed E-state index contributed by atoms with van der Waals surface area (Å²) in [6.45, 7) is 0.368. The van der Waals surface area contributed by atoms with Crippen LogP contribution in [0.25, 0.3) is 0 Å². The van der Waals surface area contributed by atoms with E-state index in [4.69, 9.17) is 9.94 Å². The number of methoxy groups -OCH3 is 1. The Kier molecular flexibility index (Phi) is 6.79. The molecule has 128 valence electrons. The molecule has 6 heteroatoms. The molecular weight excluding hydrogens is 308 g/mol. The number of hydroxylamine groups is 1. The SMILES string of the molecule is COCC#Cc1ccc(C(=O)N[C@@H]2CCC[C@H]2CC(=O)NO)cc1. The van der Waals surface area contributed by atoms with Crippen molar-refractivity contribution in [2.75, 3.05) is 13.7 Å². The van der Waals surface area contributed by atoms with Gasteiger partial charge in [0.05, 0.1) is 0 Å². The first-order chi connectivity index (χ1) is 11.6. The molecule has 0 radical (unpaired) electrons. The molecule has 0 heterocycles. The van der Waals surface area contributed by atoms with Crippen LogP contribution in [0.4, 0.5) is 0 Å². The molecule has 0 spiro atoms. The lowest BCUT2D eigenvalue weighted by atomic mass is 9.98. The van der Waals surface area contributed by atoms with Gasteiger partial charge in [-0.05, 0) is 43.0 Å². The Balaban J connectivity index is 1.94. The average molecular weight is 330 g/mol. The molecule has 0 saturated heterocycles. The van der Waals surface area contributed by atoms with Gasteiger partial charge in [-0.25, -0.2) is 5.48 Å². The topological polar surface area (TPSA) is 87.7 Å². The number of hydrogen-bond acceptors (Lipinski definition) is 4. The highest BCUT2D eigenvalue weighted by atomic mass is 16.5. The van der Waals surface area contributed by atoms with E-state index in [-0.39, 0.29) is 24.3 Å². The predicted octanol–water partition coefficient (Wildman–Crippen LogP) is 1.48. The second-order valence-electron chi connectivity index (χ2n) is 5.82. The number of ether oxygens (including phenoxy) is 1. The molecule has 1 aliphatic carbocycles. The van der Waals surface area contributed by atoms with Crippen LogP contribution < -0.4 is 10.8 Å². The maximum absolute atomic E-state index is 12.4. The highest BCUT2D eigenvalue weighted by Gasteiger charge is 2.30. The van der Waals surface area contributed by atoms with Gasteiger partial charge in [-0.2, -0.15) is 0 Å². The van der Waals surface area contributed by atoms with Gasteiger partial charge in [-0.3, -0.25) is 14.8 Å². The lowest BCUT2D eigenvalue weighted by Crippen LogP contribution is -2.39. The lowest BCUT2D eigenvalue weighted by molar-refractivity contribution is -0.130. The summed E-state index contributed by atoms with van der Waals surface area (Å²) in [6.07, 6.45) is 2.89. The molecular formula is C18H22N2O4. The molecule has 0 bridgehead atoms. The summed E-state index contributed by atoms with van der Waals surface area (Å²) in [4.78, 5) is 23.7. The van der Waals surface area contributed by atoms with Gasteiger partial charge in [0.2, 0.25) is 5.91 Å². The third-order valence-corrected chi connectivity index (χ3v) is 4.14. The van der Waals surface area contributed by atoms with E-state index < -0.39 is 5.91 Å². The Hall–Kier alpha value is -2.36. The smallest absolute Gasteiger partial charge is 0.251 e. The summed E-state index contributed by atoms with van der Waals surface area (Å²) in [7, 11) is 1.59. The number of hydrogen-bond donors (Lipinski definition) is 3. The lowest BCUT2D eigenvalue weighted by Gasteiger charge is -2.20. The molecule has 3 N–H and O–H groups in total. The van der Waals surface area contributed by atoms with E-state index in [0.29, 0.717) is 12.2 Å². The Labute approximate surface area is 141 Å². The summed E-state index contributed by atoms with van der Waals surface area (Å²) >= 11 is 0. The molecule has 6 nitrogen and oxygen atoms in total. The van der Waals surface area contributed by atoms with Crippen LogP contribution >= 0.6 is 0 Å². The number of rotatable bonds is 5. The van der Waals surface area contributed by atoms with Crippen molar-refractivity contribution >= 4 is 11.8 Å². The van der Waals surface area contributed by atoms with Crippen molar-refractivity contribution in [1.29, 1.82) is 0 Å². The third kappa shape index (κ3) is 5.08. The largest absolute Gasteiger partial charge is 0.372 e. The van der Waals surface area contributed by atoms with Gasteiger partial charge < -0.3 is 10.1 Å². The van der Waals surface area contributed by atoms with Crippen LogP contribution in [0.5, 0.6) is 0 Å². The van der Waals surface area contributed by atoms with Crippen LogP contribution in [0, 0.1) is 17.8 Å². The Morgan fingerprint density at radius 1 is 1.29 bits per heavy atom. The van der Waals surface area contributed by atoms with Crippen LogP contribution in [0.15, 0.2) is 24.3 Å². The Morgan fingerprint density at radius 3 is 2.71 bits per heavy atom. The van der Waals surface area contributed by atoms with Crippen molar-refractivity contribution in [2.24, 2.45) is 5.92 Å². The first kappa shape index (κ1) is 18.0. The summed E-state index contributed by atoms with van der Waals surface area (Å²) in [5, 5.41) is 11.6. The molecule has 0 aromatic heterocycles. The number of benzene rings is 1. The average Bonchev–Trinajstić information content (AvgIpc) is 3.02. The van der Waals surface area contributed by atoms with Gasteiger partial charge in [0, 0.05) is 30.7 Å². The minimum Gasteiger partial charge on any atom is -0.372 e. The molecule has 2 rings (SSSR count). The van der Waals surface area contributed by atoms with Gasteiger partial charge in [-0.15, -0.1) is 0 Å². The molecule has 1 aromatic rings. The van der Waals surface area contributed by atoms with E-state index in [0.717, 1.165) is 24.8 Å². The maximum Gasteiger partial charge on any atom is 0.251 e. The normalized spacial score (nSPS) is 19.2. The number of amides is 2. The molecule has 2 atom stereocenters. The van der Waals surface area contributed by atoms with Gasteiger partial charge in [-0.1, -0.05) is 18.3 Å². The fourth-order valence-electron chi connectivity index (χ4n) is 2.92. The van der Waals surface area contributed by atoms with Gasteiger partial charge in [0.1, 0.15) is 6.61 Å². The molecule has 1 aliphatic rings. The zero-order valence-corrected chi connectivity index (χ0v) is 13.7. The van der Waals surface area contributed by atoms with Crippen molar-refractivity contribution in [1.82, 2.24) is 10.8 Å². The second kappa shape index (κ2) is 9.06. The maximum atomic E-state index is 12.4. The third-order valence-electron chi connectivity index (χ3n) is 4.14. The van der Waals surface area contributed by atoms with E-state index in [2.05, 4.69) is 17.2 Å². The summed E-state index contributed by atoms with van der Waals surface area (Å²) < 4.78 is 4.86. The van der Waals surface area contributed by atoms with E-state index >= 15 is 0 Å². The minimum absolute atomic E-state index is 0.0454. The van der Waals surface area contributed by atoms with Crippen molar-refractivity contribution in [3.8, 4) is 11.8 Å². The molecule has 1 saturated carbocycles.